The second kappa shape index (κ2) is 61.3. The molecule has 0 aromatic rings. The van der Waals surface area contributed by atoms with E-state index in [9.17, 15) is 45.6 Å². The maximum Gasteiger partial charge on any atom is 0.220 e. The topological polar surface area (TPSA) is 228 Å². The number of rotatable bonds is 66. The molecule has 0 bridgehead atoms. The molecule has 1 amide bonds. The summed E-state index contributed by atoms with van der Waals surface area (Å²) >= 11 is 0. The van der Waals surface area contributed by atoms with Crippen molar-refractivity contribution in [3.05, 3.63) is 12.2 Å². The molecule has 2 fully saturated rings. The molecule has 0 aromatic carbocycles. The zero-order chi connectivity index (χ0) is 65.2. The van der Waals surface area contributed by atoms with Crippen molar-refractivity contribution in [2.75, 3.05) is 19.8 Å². The van der Waals surface area contributed by atoms with Gasteiger partial charge in [0.25, 0.3) is 0 Å². The SMILES string of the molecule is CCCCCCCCCCCCCCCCCCCCCCCCCCCCCC/C=C/C(O)C(COC1OC(CO)C(OC2OC(CO)C(O)C(O)C2O)C(O)C1O)NC(=O)CCCCCCCCCCCCCCCCCCCCCCCCCCCC. The Bertz CT molecular complexity index is 1560. The summed E-state index contributed by atoms with van der Waals surface area (Å²) < 4.78 is 22.9. The number of ether oxygens (including phenoxy) is 4. The van der Waals surface area contributed by atoms with Crippen LogP contribution in [0.25, 0.3) is 0 Å². The van der Waals surface area contributed by atoms with Gasteiger partial charge in [0.2, 0.25) is 5.91 Å². The molecule has 2 heterocycles. The summed E-state index contributed by atoms with van der Waals surface area (Å²) in [7, 11) is 0. The summed E-state index contributed by atoms with van der Waals surface area (Å²) in [5.41, 5.74) is 0. The normalized spacial score (nSPS) is 22.9. The molecule has 2 aliphatic rings. The molecule has 0 saturated carbocycles. The molecule has 0 radical (unpaired) electrons. The monoisotopic (exact) mass is 1280 g/mol. The zero-order valence-electron chi connectivity index (χ0n) is 58.4. The maximum absolute atomic E-state index is 13.4. The first-order valence-electron chi connectivity index (χ1n) is 38.9. The van der Waals surface area contributed by atoms with Crippen molar-refractivity contribution in [3.63, 3.8) is 0 Å². The van der Waals surface area contributed by atoms with Crippen molar-refractivity contribution in [1.82, 2.24) is 5.32 Å². The van der Waals surface area contributed by atoms with Crippen LogP contribution in [0.2, 0.25) is 0 Å². The van der Waals surface area contributed by atoms with Gasteiger partial charge < -0.3 is 65.1 Å². The molecule has 2 aliphatic heterocycles. The van der Waals surface area contributed by atoms with Crippen LogP contribution in [0.15, 0.2) is 12.2 Å². The summed E-state index contributed by atoms with van der Waals surface area (Å²) in [4.78, 5) is 13.4. The molecule has 0 aliphatic carbocycles. The molecule has 0 spiro atoms. The molecule has 14 heteroatoms. The molecule has 12 unspecified atom stereocenters. The second-order valence-electron chi connectivity index (χ2n) is 27.9. The van der Waals surface area contributed by atoms with Crippen LogP contribution >= 0.6 is 0 Å². The Morgan fingerprint density at radius 3 is 1.02 bits per heavy atom. The number of allylic oxidation sites excluding steroid dienone is 1. The van der Waals surface area contributed by atoms with E-state index in [1.807, 2.05) is 6.08 Å². The predicted octanol–water partition coefficient (Wildman–Crippen LogP) is 16.9. The Balaban J connectivity index is 1.63. The van der Waals surface area contributed by atoms with E-state index in [0.717, 1.165) is 44.9 Å². The Kier molecular flexibility index (Phi) is 57.8. The highest BCUT2D eigenvalue weighted by Crippen LogP contribution is 2.30. The Morgan fingerprint density at radius 1 is 0.389 bits per heavy atom. The largest absolute Gasteiger partial charge is 0.394 e. The van der Waals surface area contributed by atoms with Gasteiger partial charge >= 0.3 is 0 Å². The lowest BCUT2D eigenvalue weighted by Gasteiger charge is -2.46. The minimum absolute atomic E-state index is 0.229. The van der Waals surface area contributed by atoms with Crippen molar-refractivity contribution >= 4 is 5.91 Å². The molecule has 0 aromatic heterocycles. The highest BCUT2D eigenvalue weighted by atomic mass is 16.7. The standard InChI is InChI=1S/C76H147NO13/c1-3-5-7-9-11-13-15-17-19-21-23-25-27-29-31-32-33-34-35-37-39-41-43-45-47-49-51-53-55-57-59-65(80)64(63-87-75-73(86)71(84)74(67(62-79)89-75)90-76-72(85)70(83)69(82)66(61-78)88-76)77-68(81)60-58-56-54-52-50-48-46-44-42-40-38-36-30-28-26-24-22-20-18-16-14-12-10-8-6-4-2/h57,59,64-67,69-76,78-80,82-86H,3-56,58,60-63H2,1-2H3,(H,77,81)/b59-57+. The van der Waals surface area contributed by atoms with Gasteiger partial charge in [0.15, 0.2) is 12.6 Å². The van der Waals surface area contributed by atoms with E-state index in [1.165, 1.54) is 308 Å². The highest BCUT2D eigenvalue weighted by Gasteiger charge is 2.51. The first-order valence-corrected chi connectivity index (χ1v) is 38.9. The maximum atomic E-state index is 13.4. The van der Waals surface area contributed by atoms with E-state index in [4.69, 9.17) is 18.9 Å². The summed E-state index contributed by atoms with van der Waals surface area (Å²) in [6.45, 7) is 2.88. The smallest absolute Gasteiger partial charge is 0.220 e. The predicted molar refractivity (Wildman–Crippen MR) is 369 cm³/mol. The van der Waals surface area contributed by atoms with Crippen molar-refractivity contribution in [2.45, 2.75) is 447 Å². The molecular formula is C76H147NO13. The van der Waals surface area contributed by atoms with Crippen LogP contribution in [0, 0.1) is 0 Å². The van der Waals surface area contributed by atoms with Crippen LogP contribution in [0.4, 0.5) is 0 Å². The van der Waals surface area contributed by atoms with Crippen molar-refractivity contribution in [1.29, 1.82) is 0 Å². The molecule has 9 N–H and O–H groups in total. The average molecular weight is 1280 g/mol. The summed E-state index contributed by atoms with van der Waals surface area (Å²) in [5.74, 6) is -0.229. The van der Waals surface area contributed by atoms with Gasteiger partial charge in [-0.1, -0.05) is 360 Å². The van der Waals surface area contributed by atoms with Crippen molar-refractivity contribution < 1.29 is 64.6 Å². The number of hydrogen-bond donors (Lipinski definition) is 9. The van der Waals surface area contributed by atoms with Crippen LogP contribution in [-0.4, -0.2) is 140 Å². The lowest BCUT2D eigenvalue weighted by atomic mass is 9.97. The third kappa shape index (κ3) is 44.5. The van der Waals surface area contributed by atoms with Crippen LogP contribution < -0.4 is 5.32 Å². The van der Waals surface area contributed by atoms with Gasteiger partial charge in [-0.15, -0.1) is 0 Å². The number of carbonyl (C=O) groups excluding carboxylic acids is 1. The lowest BCUT2D eigenvalue weighted by molar-refractivity contribution is -0.359. The summed E-state index contributed by atoms with van der Waals surface area (Å²) in [6.07, 6.45) is 60.0. The number of amides is 1. The van der Waals surface area contributed by atoms with Crippen LogP contribution in [-0.2, 0) is 23.7 Å². The van der Waals surface area contributed by atoms with Gasteiger partial charge in [0.05, 0.1) is 32.0 Å². The Labute approximate surface area is 552 Å². The van der Waals surface area contributed by atoms with Gasteiger partial charge in [-0.25, -0.2) is 0 Å². The summed E-state index contributed by atoms with van der Waals surface area (Å²) in [5, 5.41) is 87.6. The number of hydrogen-bond acceptors (Lipinski definition) is 13. The first kappa shape index (κ1) is 84.8. The zero-order valence-corrected chi connectivity index (χ0v) is 58.4. The second-order valence-corrected chi connectivity index (χ2v) is 27.9. The molecule has 2 rings (SSSR count). The number of aliphatic hydroxyl groups is 8. The number of carbonyl (C=O) groups is 1. The average Bonchev–Trinajstić information content (AvgIpc) is 2.49. The van der Waals surface area contributed by atoms with E-state index >= 15 is 0 Å². The van der Waals surface area contributed by atoms with Gasteiger partial charge in [-0.05, 0) is 19.3 Å². The quantitative estimate of drug-likeness (QED) is 0.0204. The number of aliphatic hydroxyl groups excluding tert-OH is 8. The molecule has 14 nitrogen and oxygen atoms in total. The fourth-order valence-corrected chi connectivity index (χ4v) is 13.3. The van der Waals surface area contributed by atoms with E-state index in [2.05, 4.69) is 19.2 Å². The van der Waals surface area contributed by atoms with Crippen LogP contribution in [0.3, 0.4) is 0 Å². The van der Waals surface area contributed by atoms with E-state index in [0.29, 0.717) is 0 Å². The molecule has 12 atom stereocenters. The highest BCUT2D eigenvalue weighted by molar-refractivity contribution is 5.76. The number of unbranched alkanes of at least 4 members (excludes halogenated alkanes) is 53. The van der Waals surface area contributed by atoms with Gasteiger partial charge in [-0.3, -0.25) is 4.79 Å². The van der Waals surface area contributed by atoms with Crippen LogP contribution in [0.5, 0.6) is 0 Å². The van der Waals surface area contributed by atoms with Gasteiger partial charge in [0, 0.05) is 6.42 Å². The third-order valence-corrected chi connectivity index (χ3v) is 19.5. The van der Waals surface area contributed by atoms with Crippen LogP contribution in [0.1, 0.15) is 373 Å². The fraction of sp³-hybridized carbons (Fsp3) is 0.961. The molecule has 90 heavy (non-hydrogen) atoms. The molecular weight excluding hydrogens is 1130 g/mol. The van der Waals surface area contributed by atoms with Gasteiger partial charge in [0.1, 0.15) is 48.8 Å². The van der Waals surface area contributed by atoms with Crippen molar-refractivity contribution in [2.24, 2.45) is 0 Å². The summed E-state index contributed by atoms with van der Waals surface area (Å²) in [6, 6.07) is -0.912. The lowest BCUT2D eigenvalue weighted by Crippen LogP contribution is -2.65. The molecule has 534 valence electrons. The Morgan fingerprint density at radius 2 is 0.689 bits per heavy atom. The third-order valence-electron chi connectivity index (χ3n) is 19.5. The van der Waals surface area contributed by atoms with Crippen molar-refractivity contribution in [3.8, 4) is 0 Å². The minimum atomic E-state index is -1.79. The minimum Gasteiger partial charge on any atom is -0.394 e. The van der Waals surface area contributed by atoms with E-state index < -0.39 is 86.8 Å². The fourth-order valence-electron chi connectivity index (χ4n) is 13.3. The van der Waals surface area contributed by atoms with Gasteiger partial charge in [-0.2, -0.15) is 0 Å². The molecule has 2 saturated heterocycles. The first-order chi connectivity index (χ1) is 44.1. The van der Waals surface area contributed by atoms with E-state index in [-0.39, 0.29) is 18.9 Å². The Hall–Kier alpha value is -1.27. The van der Waals surface area contributed by atoms with E-state index in [1.54, 1.807) is 6.08 Å². The number of nitrogens with one attached hydrogen (secondary N) is 1.